The highest BCUT2D eigenvalue weighted by molar-refractivity contribution is 14.1. The lowest BCUT2D eigenvalue weighted by atomic mass is 10.1. The fourth-order valence-electron chi connectivity index (χ4n) is 1.89. The van der Waals surface area contributed by atoms with Crippen molar-refractivity contribution in [1.29, 1.82) is 0 Å². The van der Waals surface area contributed by atoms with Crippen LogP contribution in [0.5, 0.6) is 0 Å². The summed E-state index contributed by atoms with van der Waals surface area (Å²) in [4.78, 5) is 12.0. The van der Waals surface area contributed by atoms with Crippen molar-refractivity contribution >= 4 is 34.2 Å². The predicted octanol–water partition coefficient (Wildman–Crippen LogP) is 4.09. The molecule has 0 aliphatic heterocycles. The molecule has 0 bridgehead atoms. The summed E-state index contributed by atoms with van der Waals surface area (Å²) < 4.78 is 1.22. The van der Waals surface area contributed by atoms with E-state index in [4.69, 9.17) is 0 Å². The number of nitrogens with one attached hydrogen (secondary N) is 1. The fourth-order valence-corrected chi connectivity index (χ4v) is 2.51. The van der Waals surface area contributed by atoms with Gasteiger partial charge in [0, 0.05) is 9.26 Å². The maximum absolute atomic E-state index is 12.0. The molecule has 0 aliphatic rings. The highest BCUT2D eigenvalue weighted by Crippen LogP contribution is 2.22. The monoisotopic (exact) mass is 365 g/mol. The Hall–Kier alpha value is -1.36. The number of benzene rings is 2. The lowest BCUT2D eigenvalue weighted by molar-refractivity contribution is -0.115. The summed E-state index contributed by atoms with van der Waals surface area (Å²) in [6.45, 7) is 4.06. The molecular weight excluding hydrogens is 349 g/mol. The largest absolute Gasteiger partial charge is 0.326 e. The van der Waals surface area contributed by atoms with Crippen LogP contribution in [0.4, 0.5) is 5.69 Å². The number of hydrogen-bond acceptors (Lipinski definition) is 1. The minimum atomic E-state index is 0.0231. The van der Waals surface area contributed by atoms with Crippen LogP contribution in [-0.2, 0) is 11.2 Å². The second kappa shape index (κ2) is 6.19. The minimum Gasteiger partial charge on any atom is -0.326 e. The van der Waals surface area contributed by atoms with Crippen molar-refractivity contribution in [1.82, 2.24) is 0 Å². The molecule has 1 amide bonds. The van der Waals surface area contributed by atoms with E-state index >= 15 is 0 Å². The van der Waals surface area contributed by atoms with Crippen LogP contribution in [0, 0.1) is 17.4 Å². The number of amides is 1. The summed E-state index contributed by atoms with van der Waals surface area (Å²) >= 11 is 2.31. The number of aryl methyl sites for hydroxylation is 2. The zero-order chi connectivity index (χ0) is 13.8. The van der Waals surface area contributed by atoms with Crippen molar-refractivity contribution < 1.29 is 4.79 Å². The van der Waals surface area contributed by atoms with Crippen LogP contribution in [0.2, 0.25) is 0 Å². The first-order valence-corrected chi connectivity index (χ1v) is 7.24. The first-order valence-electron chi connectivity index (χ1n) is 6.17. The van der Waals surface area contributed by atoms with Gasteiger partial charge in [0.05, 0.1) is 6.42 Å². The van der Waals surface area contributed by atoms with Crippen LogP contribution < -0.4 is 5.32 Å². The standard InChI is InChI=1S/C16H16INO/c1-11-9-15(12(2)8-14(11)17)18-16(19)10-13-6-4-3-5-7-13/h3-9H,10H2,1-2H3,(H,18,19). The lowest BCUT2D eigenvalue weighted by Crippen LogP contribution is -2.15. The molecule has 0 atom stereocenters. The van der Waals surface area contributed by atoms with Crippen LogP contribution in [-0.4, -0.2) is 5.91 Å². The molecule has 98 valence electrons. The molecule has 2 aromatic rings. The van der Waals surface area contributed by atoms with Gasteiger partial charge in [0.1, 0.15) is 0 Å². The van der Waals surface area contributed by atoms with Gasteiger partial charge in [-0.1, -0.05) is 30.3 Å². The molecule has 0 aliphatic carbocycles. The third kappa shape index (κ3) is 3.80. The Kier molecular flexibility index (Phi) is 4.58. The molecule has 2 rings (SSSR count). The summed E-state index contributed by atoms with van der Waals surface area (Å²) in [5.74, 6) is 0.0231. The molecule has 0 spiro atoms. The summed E-state index contributed by atoms with van der Waals surface area (Å²) in [5.41, 5.74) is 4.20. The maximum atomic E-state index is 12.0. The number of anilines is 1. The molecule has 2 aromatic carbocycles. The first-order chi connectivity index (χ1) is 9.06. The Bertz CT molecular complexity index is 593. The quantitative estimate of drug-likeness (QED) is 0.816. The van der Waals surface area contributed by atoms with Gasteiger partial charge >= 0.3 is 0 Å². The summed E-state index contributed by atoms with van der Waals surface area (Å²) in [6.07, 6.45) is 0.408. The van der Waals surface area contributed by atoms with Crippen LogP contribution >= 0.6 is 22.6 Å². The molecule has 0 saturated heterocycles. The highest BCUT2D eigenvalue weighted by atomic mass is 127. The van der Waals surface area contributed by atoms with Crippen LogP contribution in [0.25, 0.3) is 0 Å². The summed E-state index contributed by atoms with van der Waals surface area (Å²) in [7, 11) is 0. The van der Waals surface area contributed by atoms with Gasteiger partial charge in [0.2, 0.25) is 5.91 Å². The molecular formula is C16H16INO. The minimum absolute atomic E-state index is 0.0231. The number of rotatable bonds is 3. The Morgan fingerprint density at radius 2 is 1.79 bits per heavy atom. The zero-order valence-corrected chi connectivity index (χ0v) is 13.2. The molecule has 0 unspecified atom stereocenters. The van der Waals surface area contributed by atoms with Gasteiger partial charge in [-0.2, -0.15) is 0 Å². The lowest BCUT2D eigenvalue weighted by Gasteiger charge is -2.11. The number of hydrogen-bond donors (Lipinski definition) is 1. The normalized spacial score (nSPS) is 10.3. The van der Waals surface area contributed by atoms with Gasteiger partial charge in [0.25, 0.3) is 0 Å². The van der Waals surface area contributed by atoms with Crippen LogP contribution in [0.15, 0.2) is 42.5 Å². The Labute approximate surface area is 127 Å². The summed E-state index contributed by atoms with van der Waals surface area (Å²) in [5, 5.41) is 2.98. The van der Waals surface area contributed by atoms with E-state index in [0.29, 0.717) is 6.42 Å². The number of carbonyl (C=O) groups excluding carboxylic acids is 1. The van der Waals surface area contributed by atoms with E-state index in [9.17, 15) is 4.79 Å². The zero-order valence-electron chi connectivity index (χ0n) is 11.0. The van der Waals surface area contributed by atoms with Gasteiger partial charge in [-0.15, -0.1) is 0 Å². The predicted molar refractivity (Wildman–Crippen MR) is 87.4 cm³/mol. The molecule has 1 N–H and O–H groups in total. The van der Waals surface area contributed by atoms with E-state index in [1.165, 1.54) is 9.13 Å². The number of carbonyl (C=O) groups is 1. The Morgan fingerprint density at radius 1 is 1.11 bits per heavy atom. The molecule has 0 saturated carbocycles. The average molecular weight is 365 g/mol. The average Bonchev–Trinajstić information content (AvgIpc) is 2.37. The van der Waals surface area contributed by atoms with E-state index < -0.39 is 0 Å². The molecule has 0 aromatic heterocycles. The van der Waals surface area contributed by atoms with Crippen molar-refractivity contribution in [3.05, 3.63) is 62.7 Å². The second-order valence-corrected chi connectivity index (χ2v) is 5.79. The van der Waals surface area contributed by atoms with E-state index in [0.717, 1.165) is 16.8 Å². The molecule has 2 nitrogen and oxygen atoms in total. The van der Waals surface area contributed by atoms with E-state index in [1.807, 2.05) is 50.2 Å². The van der Waals surface area contributed by atoms with Crippen molar-refractivity contribution in [3.8, 4) is 0 Å². The van der Waals surface area contributed by atoms with Gasteiger partial charge < -0.3 is 5.32 Å². The van der Waals surface area contributed by atoms with E-state index in [2.05, 4.69) is 34.0 Å². The van der Waals surface area contributed by atoms with E-state index in [-0.39, 0.29) is 5.91 Å². The van der Waals surface area contributed by atoms with Gasteiger partial charge in [-0.25, -0.2) is 0 Å². The van der Waals surface area contributed by atoms with Crippen molar-refractivity contribution in [2.75, 3.05) is 5.32 Å². The highest BCUT2D eigenvalue weighted by Gasteiger charge is 2.07. The molecule has 19 heavy (non-hydrogen) atoms. The summed E-state index contributed by atoms with van der Waals surface area (Å²) in [6, 6.07) is 13.9. The third-order valence-corrected chi connectivity index (χ3v) is 4.15. The Morgan fingerprint density at radius 3 is 2.47 bits per heavy atom. The van der Waals surface area contributed by atoms with Gasteiger partial charge in [-0.3, -0.25) is 4.79 Å². The second-order valence-electron chi connectivity index (χ2n) is 4.63. The molecule has 0 heterocycles. The van der Waals surface area contributed by atoms with Gasteiger partial charge in [0.15, 0.2) is 0 Å². The number of halogens is 1. The Balaban J connectivity index is 2.09. The molecule has 3 heteroatoms. The topological polar surface area (TPSA) is 29.1 Å². The molecule has 0 radical (unpaired) electrons. The van der Waals surface area contributed by atoms with Crippen molar-refractivity contribution in [3.63, 3.8) is 0 Å². The maximum Gasteiger partial charge on any atom is 0.228 e. The SMILES string of the molecule is Cc1cc(NC(=O)Cc2ccccc2)c(C)cc1I. The fraction of sp³-hybridized carbons (Fsp3) is 0.188. The third-order valence-electron chi connectivity index (χ3n) is 2.99. The van der Waals surface area contributed by atoms with Crippen LogP contribution in [0.3, 0.4) is 0 Å². The van der Waals surface area contributed by atoms with Gasteiger partial charge in [-0.05, 0) is 65.3 Å². The smallest absolute Gasteiger partial charge is 0.228 e. The van der Waals surface area contributed by atoms with Crippen molar-refractivity contribution in [2.45, 2.75) is 20.3 Å². The van der Waals surface area contributed by atoms with Crippen LogP contribution in [0.1, 0.15) is 16.7 Å². The molecule has 0 fully saturated rings. The first kappa shape index (κ1) is 14.1. The van der Waals surface area contributed by atoms with Crippen molar-refractivity contribution in [2.24, 2.45) is 0 Å². The van der Waals surface area contributed by atoms with E-state index in [1.54, 1.807) is 0 Å².